The number of rotatable bonds is 13. The molecule has 2 nitrogen and oxygen atoms in total. The van der Waals surface area contributed by atoms with E-state index in [1.165, 1.54) is 44.4 Å². The van der Waals surface area contributed by atoms with Gasteiger partial charge in [-0.15, -0.1) is 0 Å². The Balaban J connectivity index is 1.55. The fourth-order valence-electron chi connectivity index (χ4n) is 5.98. The first-order valence-corrected chi connectivity index (χ1v) is 16.5. The summed E-state index contributed by atoms with van der Waals surface area (Å²) < 4.78 is 6.66. The number of hydrogen-bond donors (Lipinski definition) is 0. The van der Waals surface area contributed by atoms with Gasteiger partial charge >= 0.3 is 0 Å². The summed E-state index contributed by atoms with van der Waals surface area (Å²) in [6.45, 7) is 11.5. The highest BCUT2D eigenvalue weighted by atomic mass is 31.1. The molecule has 0 aliphatic rings. The topological polar surface area (TPSA) is 12.5 Å². The lowest BCUT2D eigenvalue weighted by Crippen LogP contribution is -2.30. The van der Waals surface area contributed by atoms with Crippen LogP contribution in [-0.4, -0.2) is 0 Å². The van der Waals surface area contributed by atoms with Gasteiger partial charge in [0.05, 0.1) is 0 Å². The number of aryl methyl sites for hydroxylation is 2. The fraction of sp³-hybridized carbons (Fsp3) is 0.250. The molecule has 0 spiro atoms. The van der Waals surface area contributed by atoms with Crippen LogP contribution in [0.15, 0.2) is 127 Å². The number of para-hydroxylation sites is 1. The molecule has 0 saturated heterocycles. The van der Waals surface area contributed by atoms with Crippen molar-refractivity contribution < 1.29 is 4.74 Å². The Labute approximate surface area is 260 Å². The summed E-state index contributed by atoms with van der Waals surface area (Å²) >= 11 is 0. The Kier molecular flexibility index (Phi) is 10.3. The first-order valence-electron chi connectivity index (χ1n) is 15.5. The van der Waals surface area contributed by atoms with E-state index in [1.54, 1.807) is 0 Å². The van der Waals surface area contributed by atoms with Gasteiger partial charge in [0.1, 0.15) is 12.4 Å². The zero-order valence-electron chi connectivity index (χ0n) is 26.0. The van der Waals surface area contributed by atoms with Gasteiger partial charge in [0, 0.05) is 29.5 Å². The normalized spacial score (nSPS) is 11.6. The fourth-order valence-corrected chi connectivity index (χ4v) is 7.79. The molecule has 5 aromatic carbocycles. The molecule has 3 heteroatoms. The summed E-state index contributed by atoms with van der Waals surface area (Å²) in [5, 5.41) is 1.41. The van der Waals surface area contributed by atoms with Gasteiger partial charge in [0.25, 0.3) is 0 Å². The van der Waals surface area contributed by atoms with E-state index in [-0.39, 0.29) is 5.16 Å². The Morgan fingerprint density at radius 3 is 1.65 bits per heavy atom. The SMILES string of the molecule is CCC(CC)(Pc1c(C)cccc1N(Cc1ccccc1)Cc1ccccc1)c1cccc(C)c1OCc1ccccc1. The van der Waals surface area contributed by atoms with E-state index >= 15 is 0 Å². The van der Waals surface area contributed by atoms with Crippen molar-refractivity contribution in [1.82, 2.24) is 0 Å². The minimum Gasteiger partial charge on any atom is -0.488 e. The zero-order valence-corrected chi connectivity index (χ0v) is 27.0. The average Bonchev–Trinajstić information content (AvgIpc) is 3.05. The van der Waals surface area contributed by atoms with Crippen LogP contribution in [0.5, 0.6) is 5.75 Å². The second-order valence-electron chi connectivity index (χ2n) is 11.4. The first kappa shape index (κ1) is 30.6. The summed E-state index contributed by atoms with van der Waals surface area (Å²) in [6.07, 6.45) is 2.08. The molecule has 220 valence electrons. The summed E-state index contributed by atoms with van der Waals surface area (Å²) in [6, 6.07) is 45.8. The number of nitrogens with zero attached hydrogens (tertiary/aromatic N) is 1. The number of anilines is 1. The van der Waals surface area contributed by atoms with E-state index in [2.05, 4.69) is 160 Å². The van der Waals surface area contributed by atoms with Gasteiger partial charge in [0.2, 0.25) is 0 Å². The summed E-state index contributed by atoms with van der Waals surface area (Å²) in [5.74, 6) is 1.04. The van der Waals surface area contributed by atoms with Crippen molar-refractivity contribution in [2.24, 2.45) is 0 Å². The molecule has 0 fully saturated rings. The van der Waals surface area contributed by atoms with E-state index in [4.69, 9.17) is 4.74 Å². The van der Waals surface area contributed by atoms with Gasteiger partial charge in [-0.2, -0.15) is 0 Å². The first-order chi connectivity index (χ1) is 21.0. The predicted octanol–water partition coefficient (Wildman–Crippen LogP) is 10.1. The van der Waals surface area contributed by atoms with Crippen molar-refractivity contribution in [3.63, 3.8) is 0 Å². The standard InChI is InChI=1S/C40H44NOP/c1-5-40(6-2,36-26-16-18-31(3)38(36)42-30-35-24-14-9-15-25-35)43-39-32(4)19-17-27-37(39)41(28-33-20-10-7-11-21-33)29-34-22-12-8-13-23-34/h7-27,43H,5-6,28-30H2,1-4H3. The van der Waals surface area contributed by atoms with Gasteiger partial charge < -0.3 is 9.64 Å². The molecule has 0 radical (unpaired) electrons. The molecular formula is C40H44NOP. The number of ether oxygens (including phenoxy) is 1. The highest BCUT2D eigenvalue weighted by molar-refractivity contribution is 7.49. The maximum absolute atomic E-state index is 6.66. The Hall–Kier alpha value is -3.87. The van der Waals surface area contributed by atoms with E-state index in [1.807, 2.05) is 0 Å². The van der Waals surface area contributed by atoms with Crippen molar-refractivity contribution in [2.45, 2.75) is 65.4 Å². The molecule has 1 unspecified atom stereocenters. The molecule has 1 atom stereocenters. The molecule has 0 amide bonds. The maximum atomic E-state index is 6.66. The van der Waals surface area contributed by atoms with Crippen LogP contribution < -0.4 is 14.9 Å². The smallest absolute Gasteiger partial charge is 0.126 e. The molecule has 0 heterocycles. The molecule has 5 rings (SSSR count). The molecule has 5 aromatic rings. The van der Waals surface area contributed by atoms with E-state index in [9.17, 15) is 0 Å². The van der Waals surface area contributed by atoms with Crippen LogP contribution in [0.4, 0.5) is 5.69 Å². The van der Waals surface area contributed by atoms with E-state index < -0.39 is 0 Å². The second kappa shape index (κ2) is 14.5. The lowest BCUT2D eigenvalue weighted by atomic mass is 9.90. The van der Waals surface area contributed by atoms with Gasteiger partial charge in [0.15, 0.2) is 0 Å². The van der Waals surface area contributed by atoms with Crippen LogP contribution in [0, 0.1) is 13.8 Å². The molecule has 43 heavy (non-hydrogen) atoms. The maximum Gasteiger partial charge on any atom is 0.126 e. The van der Waals surface area contributed by atoms with Gasteiger partial charge in [-0.05, 0) is 65.9 Å². The van der Waals surface area contributed by atoms with Crippen LogP contribution in [0.1, 0.15) is 60.1 Å². The number of benzene rings is 5. The third-order valence-corrected chi connectivity index (χ3v) is 10.9. The van der Waals surface area contributed by atoms with Crippen molar-refractivity contribution in [1.29, 1.82) is 0 Å². The van der Waals surface area contributed by atoms with E-state index in [0.717, 1.165) is 31.7 Å². The minimum absolute atomic E-state index is 0.0376. The Morgan fingerprint density at radius 1 is 0.581 bits per heavy atom. The predicted molar refractivity (Wildman–Crippen MR) is 186 cm³/mol. The third-order valence-electron chi connectivity index (χ3n) is 8.55. The summed E-state index contributed by atoms with van der Waals surface area (Å²) in [5.41, 5.74) is 9.05. The van der Waals surface area contributed by atoms with Crippen molar-refractivity contribution in [2.75, 3.05) is 4.90 Å². The summed E-state index contributed by atoms with van der Waals surface area (Å²) in [4.78, 5) is 2.57. The Morgan fingerprint density at radius 2 is 1.09 bits per heavy atom. The molecule has 0 bridgehead atoms. The molecular weight excluding hydrogens is 541 g/mol. The van der Waals surface area contributed by atoms with Crippen LogP contribution in [0.3, 0.4) is 0 Å². The molecule has 0 N–H and O–H groups in total. The summed E-state index contributed by atoms with van der Waals surface area (Å²) in [7, 11) is 0.597. The minimum atomic E-state index is -0.0376. The average molecular weight is 586 g/mol. The van der Waals surface area contributed by atoms with Gasteiger partial charge in [-0.1, -0.05) is 144 Å². The lowest BCUT2D eigenvalue weighted by Gasteiger charge is -2.37. The van der Waals surface area contributed by atoms with Gasteiger partial charge in [-0.3, -0.25) is 0 Å². The molecule has 0 aromatic heterocycles. The zero-order chi connectivity index (χ0) is 30.1. The van der Waals surface area contributed by atoms with Crippen LogP contribution in [0.2, 0.25) is 0 Å². The lowest BCUT2D eigenvalue weighted by molar-refractivity contribution is 0.296. The van der Waals surface area contributed by atoms with Crippen molar-refractivity contribution in [3.8, 4) is 5.75 Å². The van der Waals surface area contributed by atoms with Crippen molar-refractivity contribution >= 4 is 19.6 Å². The van der Waals surface area contributed by atoms with Crippen LogP contribution in [-0.2, 0) is 24.9 Å². The molecule has 0 saturated carbocycles. The van der Waals surface area contributed by atoms with Crippen molar-refractivity contribution in [3.05, 3.63) is 161 Å². The molecule has 0 aliphatic carbocycles. The quantitative estimate of drug-likeness (QED) is 0.128. The highest BCUT2D eigenvalue weighted by Crippen LogP contribution is 2.52. The van der Waals surface area contributed by atoms with Gasteiger partial charge in [-0.25, -0.2) is 0 Å². The largest absolute Gasteiger partial charge is 0.488 e. The Bertz CT molecular complexity index is 1540. The number of hydrogen-bond acceptors (Lipinski definition) is 2. The highest BCUT2D eigenvalue weighted by Gasteiger charge is 2.34. The monoisotopic (exact) mass is 585 g/mol. The van der Waals surface area contributed by atoms with Crippen LogP contribution >= 0.6 is 8.58 Å². The van der Waals surface area contributed by atoms with E-state index in [0.29, 0.717) is 15.2 Å². The second-order valence-corrected chi connectivity index (χ2v) is 13.1. The third kappa shape index (κ3) is 7.38. The van der Waals surface area contributed by atoms with Crippen LogP contribution in [0.25, 0.3) is 0 Å². The molecule has 0 aliphatic heterocycles.